The van der Waals surface area contributed by atoms with Crippen LogP contribution in [0, 0.1) is 0 Å². The summed E-state index contributed by atoms with van der Waals surface area (Å²) in [5.74, 6) is 0.477. The number of allylic oxidation sites excluding steroid dienone is 4. The number of urea groups is 1. The molecule has 0 radical (unpaired) electrons. The molecule has 49 heavy (non-hydrogen) atoms. The molecule has 3 aliphatic rings. The molecule has 0 unspecified atom stereocenters. The van der Waals surface area contributed by atoms with Crippen LogP contribution < -0.4 is 16.0 Å². The minimum absolute atomic E-state index is 0.136. The van der Waals surface area contributed by atoms with E-state index in [2.05, 4.69) is 22.0 Å². The number of hydrogen-bond donors (Lipinski definition) is 3. The molecule has 5 amide bonds. The van der Waals surface area contributed by atoms with E-state index in [4.69, 9.17) is 14.2 Å². The first-order valence-corrected chi connectivity index (χ1v) is 16.5. The predicted octanol–water partition coefficient (Wildman–Crippen LogP) is 6.77. The lowest BCUT2D eigenvalue weighted by molar-refractivity contribution is -0.127. The van der Waals surface area contributed by atoms with Crippen molar-refractivity contribution in [2.75, 3.05) is 30.3 Å². The normalized spacial score (nSPS) is 15.6. The zero-order valence-corrected chi connectivity index (χ0v) is 28.1. The van der Waals surface area contributed by atoms with Crippen molar-refractivity contribution in [3.8, 4) is 0 Å². The minimum atomic E-state index is -0.673. The van der Waals surface area contributed by atoms with Gasteiger partial charge in [-0.1, -0.05) is 42.5 Å². The highest BCUT2D eigenvalue weighted by Crippen LogP contribution is 2.26. The molecule has 0 atom stereocenters. The van der Waals surface area contributed by atoms with E-state index in [1.165, 1.54) is 12.5 Å². The number of likely N-dealkylation sites (tertiary alicyclic amines) is 1. The van der Waals surface area contributed by atoms with Gasteiger partial charge >= 0.3 is 12.1 Å². The third-order valence-electron chi connectivity index (χ3n) is 7.85. The Morgan fingerprint density at radius 3 is 2.39 bits per heavy atom. The van der Waals surface area contributed by atoms with E-state index < -0.39 is 17.7 Å². The lowest BCUT2D eigenvalue weighted by atomic mass is 10.0. The molecule has 0 bridgehead atoms. The standard InChI is InChI=1S/C37H43N5O7/c1-37(2,3)49-36(46)39-30-14-8-7-13-29(30)38-34(44)28-18-16-26(17-19-28)23-42(22-10-21-41-20-9-15-33(41)43)35(45)40-32-25-47-24-31(48-32)27-11-5-4-6-12-27/h4-5,7-8,11,13-14,16-19,24-25H,6,9-10,12,15,20-23H2,1-3H3,(H,38,44)(H,39,46)(H,40,45). The number of carbonyl (C=O) groups is 4. The van der Waals surface area contributed by atoms with Crippen molar-refractivity contribution in [1.29, 1.82) is 0 Å². The SMILES string of the molecule is CC(C)(C)OC(=O)Nc1ccccc1NC(=O)c1ccc(CN(CCCN2CCCC2=O)C(=O)NC2=COC=C(C3=CC=CCC3)O2)cc1. The van der Waals surface area contributed by atoms with E-state index in [0.717, 1.165) is 36.9 Å². The number of nitrogens with one attached hydrogen (secondary N) is 3. The Morgan fingerprint density at radius 2 is 1.71 bits per heavy atom. The number of carbonyl (C=O) groups excluding carboxylic acids is 4. The van der Waals surface area contributed by atoms with Gasteiger partial charge in [-0.15, -0.1) is 0 Å². The molecule has 2 aliphatic heterocycles. The highest BCUT2D eigenvalue weighted by Gasteiger charge is 2.23. The second-order valence-electron chi connectivity index (χ2n) is 12.9. The van der Waals surface area contributed by atoms with Crippen LogP contribution >= 0.6 is 0 Å². The Bertz CT molecular complexity index is 1670. The summed E-state index contributed by atoms with van der Waals surface area (Å²) in [6.45, 7) is 7.22. The van der Waals surface area contributed by atoms with E-state index >= 15 is 0 Å². The summed E-state index contributed by atoms with van der Waals surface area (Å²) in [5, 5.41) is 8.34. The molecule has 12 heteroatoms. The van der Waals surface area contributed by atoms with E-state index in [1.807, 2.05) is 17.1 Å². The first-order chi connectivity index (χ1) is 23.5. The van der Waals surface area contributed by atoms with Crippen LogP contribution in [0.5, 0.6) is 0 Å². The van der Waals surface area contributed by atoms with Gasteiger partial charge in [0.2, 0.25) is 11.8 Å². The second-order valence-corrected chi connectivity index (χ2v) is 12.9. The van der Waals surface area contributed by atoms with Gasteiger partial charge in [0, 0.05) is 38.2 Å². The summed E-state index contributed by atoms with van der Waals surface area (Å²) < 4.78 is 16.8. The van der Waals surface area contributed by atoms with Crippen molar-refractivity contribution in [1.82, 2.24) is 15.1 Å². The van der Waals surface area contributed by atoms with Crippen LogP contribution in [-0.4, -0.2) is 59.0 Å². The molecule has 3 N–H and O–H groups in total. The molecule has 5 rings (SSSR count). The molecular weight excluding hydrogens is 626 g/mol. The van der Waals surface area contributed by atoms with E-state index in [1.54, 1.807) is 74.2 Å². The lowest BCUT2D eigenvalue weighted by Crippen LogP contribution is -2.41. The van der Waals surface area contributed by atoms with Crippen molar-refractivity contribution in [2.45, 2.75) is 65.0 Å². The van der Waals surface area contributed by atoms with Gasteiger partial charge in [-0.05, 0) is 81.9 Å². The molecular formula is C37H43N5O7. The summed E-state index contributed by atoms with van der Waals surface area (Å²) >= 11 is 0. The molecule has 2 aromatic carbocycles. The predicted molar refractivity (Wildman–Crippen MR) is 185 cm³/mol. The number of benzene rings is 2. The van der Waals surface area contributed by atoms with Crippen LogP contribution in [-0.2, 0) is 25.5 Å². The number of rotatable bonds is 11. The van der Waals surface area contributed by atoms with Crippen LogP contribution in [0.4, 0.5) is 21.0 Å². The number of para-hydroxylation sites is 2. The molecule has 2 aromatic rings. The van der Waals surface area contributed by atoms with Crippen molar-refractivity contribution < 1.29 is 33.4 Å². The maximum atomic E-state index is 13.6. The molecule has 0 saturated carbocycles. The summed E-state index contributed by atoms with van der Waals surface area (Å²) in [6.07, 6.45) is 11.9. The largest absolute Gasteiger partial charge is 0.463 e. The van der Waals surface area contributed by atoms with E-state index in [-0.39, 0.29) is 24.2 Å². The molecule has 12 nitrogen and oxygen atoms in total. The quantitative estimate of drug-likeness (QED) is 0.240. The minimum Gasteiger partial charge on any atom is -0.463 e. The van der Waals surface area contributed by atoms with E-state index in [9.17, 15) is 19.2 Å². The summed E-state index contributed by atoms with van der Waals surface area (Å²) in [4.78, 5) is 54.7. The smallest absolute Gasteiger partial charge is 0.412 e. The van der Waals surface area contributed by atoms with Crippen molar-refractivity contribution in [3.05, 3.63) is 108 Å². The fraction of sp³-hybridized carbons (Fsp3) is 0.351. The average Bonchev–Trinajstić information content (AvgIpc) is 3.49. The topological polar surface area (TPSA) is 139 Å². The van der Waals surface area contributed by atoms with Gasteiger partial charge in [-0.2, -0.15) is 0 Å². The van der Waals surface area contributed by atoms with Crippen LogP contribution in [0.1, 0.15) is 68.8 Å². The monoisotopic (exact) mass is 669 g/mol. The molecule has 0 aromatic heterocycles. The van der Waals surface area contributed by atoms with Crippen molar-refractivity contribution in [3.63, 3.8) is 0 Å². The zero-order chi connectivity index (χ0) is 34.8. The fourth-order valence-electron chi connectivity index (χ4n) is 5.45. The third-order valence-corrected chi connectivity index (χ3v) is 7.85. The van der Waals surface area contributed by atoms with Crippen molar-refractivity contribution in [2.24, 2.45) is 0 Å². The third kappa shape index (κ3) is 10.2. The summed E-state index contributed by atoms with van der Waals surface area (Å²) in [5.41, 5.74) is 2.31. The number of nitrogens with zero attached hydrogens (tertiary/aromatic N) is 2. The number of ether oxygens (including phenoxy) is 3. The number of hydrogen-bond acceptors (Lipinski definition) is 7. The molecule has 258 valence electrons. The highest BCUT2D eigenvalue weighted by atomic mass is 16.6. The second kappa shape index (κ2) is 16.1. The molecule has 1 fully saturated rings. The van der Waals surface area contributed by atoms with Crippen LogP contribution in [0.3, 0.4) is 0 Å². The first-order valence-electron chi connectivity index (χ1n) is 16.5. The van der Waals surface area contributed by atoms with Crippen LogP contribution in [0.15, 0.2) is 96.5 Å². The van der Waals surface area contributed by atoms with Gasteiger partial charge < -0.3 is 29.3 Å². The number of amides is 5. The first kappa shape index (κ1) is 34.8. The van der Waals surface area contributed by atoms with Gasteiger partial charge in [-0.25, -0.2) is 9.59 Å². The fourth-order valence-corrected chi connectivity index (χ4v) is 5.45. The zero-order valence-electron chi connectivity index (χ0n) is 28.1. The Hall–Kier alpha value is -5.52. The van der Waals surface area contributed by atoms with Gasteiger partial charge in [0.25, 0.3) is 5.91 Å². The number of anilines is 2. The van der Waals surface area contributed by atoms with Crippen LogP contribution in [0.25, 0.3) is 0 Å². The summed E-state index contributed by atoms with van der Waals surface area (Å²) in [7, 11) is 0. The molecule has 1 saturated heterocycles. The molecule has 2 heterocycles. The Balaban J connectivity index is 1.22. The Kier molecular flexibility index (Phi) is 11.4. The molecule has 0 spiro atoms. The Morgan fingerprint density at radius 1 is 0.959 bits per heavy atom. The Labute approximate surface area is 286 Å². The van der Waals surface area contributed by atoms with Gasteiger partial charge in [0.1, 0.15) is 11.9 Å². The molecule has 1 aliphatic carbocycles. The maximum absolute atomic E-state index is 13.6. The highest BCUT2D eigenvalue weighted by molar-refractivity contribution is 6.06. The summed E-state index contributed by atoms with van der Waals surface area (Å²) in [6, 6.07) is 13.4. The van der Waals surface area contributed by atoms with Crippen LogP contribution in [0.2, 0.25) is 0 Å². The van der Waals surface area contributed by atoms with E-state index in [0.29, 0.717) is 48.6 Å². The van der Waals surface area contributed by atoms with Gasteiger partial charge in [-0.3, -0.25) is 20.2 Å². The maximum Gasteiger partial charge on any atom is 0.412 e. The van der Waals surface area contributed by atoms with Crippen molar-refractivity contribution >= 4 is 35.3 Å². The van der Waals surface area contributed by atoms with Gasteiger partial charge in [0.15, 0.2) is 12.0 Å². The lowest BCUT2D eigenvalue weighted by Gasteiger charge is -2.26. The average molecular weight is 670 g/mol. The van der Waals surface area contributed by atoms with Gasteiger partial charge in [0.05, 0.1) is 11.4 Å².